The van der Waals surface area contributed by atoms with Gasteiger partial charge in [-0.3, -0.25) is 14.4 Å². The number of hydrogen-bond donors (Lipinski definition) is 1. The molecule has 2 aromatic carbocycles. The summed E-state index contributed by atoms with van der Waals surface area (Å²) < 4.78 is 0. The number of para-hydroxylation sites is 1. The first-order chi connectivity index (χ1) is 16.0. The minimum atomic E-state index is -0.311. The van der Waals surface area contributed by atoms with Crippen LogP contribution in [0.15, 0.2) is 54.6 Å². The van der Waals surface area contributed by atoms with E-state index >= 15 is 0 Å². The number of nitrogens with one attached hydrogen (secondary N) is 1. The van der Waals surface area contributed by atoms with E-state index in [1.165, 1.54) is 18.4 Å². The van der Waals surface area contributed by atoms with Gasteiger partial charge >= 0.3 is 0 Å². The van der Waals surface area contributed by atoms with Gasteiger partial charge in [0.25, 0.3) is 0 Å². The minimum Gasteiger partial charge on any atom is -0.342 e. The number of rotatable bonds is 7. The zero-order chi connectivity index (χ0) is 23.2. The Labute approximate surface area is 196 Å². The van der Waals surface area contributed by atoms with E-state index in [1.807, 2.05) is 47.4 Å². The summed E-state index contributed by atoms with van der Waals surface area (Å²) in [5.41, 5.74) is 2.95. The number of nitrogens with zero attached hydrogens (tertiary/aromatic N) is 2. The van der Waals surface area contributed by atoms with E-state index in [2.05, 4.69) is 24.4 Å². The molecule has 2 aromatic rings. The quantitative estimate of drug-likeness (QED) is 0.690. The number of hydrogen-bond acceptors (Lipinski definition) is 3. The summed E-state index contributed by atoms with van der Waals surface area (Å²) in [5, 5.41) is 3.03. The van der Waals surface area contributed by atoms with Crippen LogP contribution in [-0.2, 0) is 20.8 Å². The van der Waals surface area contributed by atoms with E-state index in [4.69, 9.17) is 0 Å². The third kappa shape index (κ3) is 5.62. The van der Waals surface area contributed by atoms with Crippen molar-refractivity contribution in [2.24, 2.45) is 11.8 Å². The molecule has 0 bridgehead atoms. The first kappa shape index (κ1) is 23.0. The molecule has 0 saturated carbocycles. The second kappa shape index (κ2) is 10.6. The van der Waals surface area contributed by atoms with Crippen LogP contribution >= 0.6 is 0 Å². The number of carbonyl (C=O) groups is 3. The van der Waals surface area contributed by atoms with E-state index in [-0.39, 0.29) is 36.0 Å². The summed E-state index contributed by atoms with van der Waals surface area (Å²) in [4.78, 5) is 41.8. The van der Waals surface area contributed by atoms with Crippen LogP contribution in [0, 0.1) is 11.8 Å². The maximum Gasteiger partial charge on any atom is 0.228 e. The minimum absolute atomic E-state index is 0.00507. The van der Waals surface area contributed by atoms with E-state index in [0.29, 0.717) is 32.5 Å². The van der Waals surface area contributed by atoms with Crippen molar-refractivity contribution in [3.05, 3.63) is 60.2 Å². The van der Waals surface area contributed by atoms with E-state index < -0.39 is 0 Å². The van der Waals surface area contributed by atoms with Crippen molar-refractivity contribution in [1.82, 2.24) is 4.90 Å². The lowest BCUT2D eigenvalue weighted by atomic mass is 9.94. The number of aryl methyl sites for hydroxylation is 1. The molecule has 6 nitrogen and oxygen atoms in total. The molecule has 1 atom stereocenters. The van der Waals surface area contributed by atoms with Crippen molar-refractivity contribution in [2.75, 3.05) is 29.9 Å². The molecule has 0 aromatic heterocycles. The summed E-state index contributed by atoms with van der Waals surface area (Å²) in [5.74, 6) is -0.360. The number of amides is 3. The van der Waals surface area contributed by atoms with Gasteiger partial charge in [-0.25, -0.2) is 0 Å². The Balaban J connectivity index is 1.26. The van der Waals surface area contributed by atoms with Gasteiger partial charge in [0, 0.05) is 43.3 Å². The fourth-order valence-corrected chi connectivity index (χ4v) is 4.73. The second-order valence-electron chi connectivity index (χ2n) is 9.13. The van der Waals surface area contributed by atoms with E-state index in [1.54, 1.807) is 4.90 Å². The van der Waals surface area contributed by atoms with Crippen LogP contribution < -0.4 is 10.2 Å². The van der Waals surface area contributed by atoms with E-state index in [0.717, 1.165) is 17.8 Å². The molecule has 6 heteroatoms. The average molecular weight is 448 g/mol. The number of unbranched alkanes of at least 4 members (excludes halogenated alkanes) is 1. The largest absolute Gasteiger partial charge is 0.342 e. The Morgan fingerprint density at radius 3 is 2.33 bits per heavy atom. The highest BCUT2D eigenvalue weighted by molar-refractivity contribution is 6.00. The summed E-state index contributed by atoms with van der Waals surface area (Å²) in [6.45, 7) is 3.72. The third-order valence-corrected chi connectivity index (χ3v) is 6.76. The third-order valence-electron chi connectivity index (χ3n) is 6.76. The van der Waals surface area contributed by atoms with Crippen molar-refractivity contribution < 1.29 is 14.4 Å². The molecule has 0 aliphatic carbocycles. The normalized spacial score (nSPS) is 19.1. The molecule has 33 heavy (non-hydrogen) atoms. The van der Waals surface area contributed by atoms with Crippen LogP contribution in [0.4, 0.5) is 11.4 Å². The Morgan fingerprint density at radius 2 is 1.67 bits per heavy atom. The molecule has 2 aliphatic rings. The van der Waals surface area contributed by atoms with Crippen molar-refractivity contribution in [3.63, 3.8) is 0 Å². The molecule has 174 valence electrons. The van der Waals surface area contributed by atoms with Crippen LogP contribution in [0.25, 0.3) is 0 Å². The predicted octanol–water partition coefficient (Wildman–Crippen LogP) is 4.26. The summed E-state index contributed by atoms with van der Waals surface area (Å²) in [6, 6.07) is 17.6. The zero-order valence-corrected chi connectivity index (χ0v) is 19.3. The SMILES string of the molecule is CCCCc1ccc(NC(=O)C2CCN(C(=O)C3CC(=O)N(c4ccccc4)C3)CC2)cc1. The summed E-state index contributed by atoms with van der Waals surface area (Å²) in [6.07, 6.45) is 4.95. The predicted molar refractivity (Wildman–Crippen MR) is 130 cm³/mol. The van der Waals surface area contributed by atoms with Crippen LogP contribution in [0.2, 0.25) is 0 Å². The Morgan fingerprint density at radius 1 is 0.970 bits per heavy atom. The fraction of sp³-hybridized carbons (Fsp3) is 0.444. The zero-order valence-electron chi connectivity index (χ0n) is 19.3. The molecule has 0 spiro atoms. The summed E-state index contributed by atoms with van der Waals surface area (Å²) in [7, 11) is 0. The lowest BCUT2D eigenvalue weighted by molar-refractivity contribution is -0.138. The standard InChI is InChI=1S/C27H33N3O3/c1-2-3-7-20-10-12-23(13-11-20)28-26(32)21-14-16-29(17-15-21)27(33)22-18-25(31)30(19-22)24-8-5-4-6-9-24/h4-6,8-13,21-22H,2-3,7,14-19H2,1H3,(H,28,32). The van der Waals surface area contributed by atoms with E-state index in [9.17, 15) is 14.4 Å². The van der Waals surface area contributed by atoms with Gasteiger partial charge in [0.2, 0.25) is 17.7 Å². The molecule has 2 saturated heterocycles. The number of piperidine rings is 1. The van der Waals surface area contributed by atoms with Crippen molar-refractivity contribution >= 4 is 29.1 Å². The lowest BCUT2D eigenvalue weighted by Gasteiger charge is -2.33. The molecule has 1 N–H and O–H groups in total. The molecule has 3 amide bonds. The number of anilines is 2. The number of benzene rings is 2. The summed E-state index contributed by atoms with van der Waals surface area (Å²) >= 11 is 0. The first-order valence-corrected chi connectivity index (χ1v) is 12.1. The molecular formula is C27H33N3O3. The van der Waals surface area contributed by atoms with Crippen LogP contribution in [0.3, 0.4) is 0 Å². The van der Waals surface area contributed by atoms with Gasteiger partial charge in [-0.2, -0.15) is 0 Å². The second-order valence-corrected chi connectivity index (χ2v) is 9.13. The lowest BCUT2D eigenvalue weighted by Crippen LogP contribution is -2.44. The van der Waals surface area contributed by atoms with Crippen molar-refractivity contribution in [2.45, 2.75) is 45.4 Å². The van der Waals surface area contributed by atoms with Crippen LogP contribution in [-0.4, -0.2) is 42.3 Å². The molecule has 2 heterocycles. The Bertz CT molecular complexity index is 966. The van der Waals surface area contributed by atoms with Gasteiger partial charge in [-0.1, -0.05) is 43.7 Å². The van der Waals surface area contributed by atoms with Crippen molar-refractivity contribution in [3.8, 4) is 0 Å². The Kier molecular flexibility index (Phi) is 7.43. The molecule has 1 unspecified atom stereocenters. The molecule has 4 rings (SSSR count). The van der Waals surface area contributed by atoms with Gasteiger partial charge < -0.3 is 15.1 Å². The highest BCUT2D eigenvalue weighted by atomic mass is 16.2. The number of carbonyl (C=O) groups excluding carboxylic acids is 3. The molecule has 2 fully saturated rings. The highest BCUT2D eigenvalue weighted by Crippen LogP contribution is 2.28. The number of likely N-dealkylation sites (tertiary alicyclic amines) is 1. The topological polar surface area (TPSA) is 69.7 Å². The molecule has 0 radical (unpaired) electrons. The smallest absolute Gasteiger partial charge is 0.228 e. The maximum absolute atomic E-state index is 13.0. The highest BCUT2D eigenvalue weighted by Gasteiger charge is 2.38. The fourth-order valence-electron chi connectivity index (χ4n) is 4.73. The monoisotopic (exact) mass is 447 g/mol. The Hall–Kier alpha value is -3.15. The van der Waals surface area contributed by atoms with Crippen molar-refractivity contribution in [1.29, 1.82) is 0 Å². The van der Waals surface area contributed by atoms with Gasteiger partial charge in [0.1, 0.15) is 0 Å². The molecular weight excluding hydrogens is 414 g/mol. The van der Waals surface area contributed by atoms with Gasteiger partial charge in [0.15, 0.2) is 0 Å². The maximum atomic E-state index is 13.0. The first-order valence-electron chi connectivity index (χ1n) is 12.1. The molecule has 2 aliphatic heterocycles. The van der Waals surface area contributed by atoms with Gasteiger partial charge in [-0.05, 0) is 55.5 Å². The van der Waals surface area contributed by atoms with Crippen LogP contribution in [0.1, 0.15) is 44.6 Å². The van der Waals surface area contributed by atoms with Gasteiger partial charge in [-0.15, -0.1) is 0 Å². The average Bonchev–Trinajstić information content (AvgIpc) is 3.25. The van der Waals surface area contributed by atoms with Crippen LogP contribution in [0.5, 0.6) is 0 Å². The van der Waals surface area contributed by atoms with Gasteiger partial charge in [0.05, 0.1) is 5.92 Å².